The molecule has 0 unspecified atom stereocenters. The van der Waals surface area contributed by atoms with Gasteiger partial charge in [0, 0.05) is 37.7 Å². The molecule has 3 rings (SSSR count). The molecular formula is C22H31N3O2. The summed E-state index contributed by atoms with van der Waals surface area (Å²) in [6, 6.07) is 10.00. The Balaban J connectivity index is 1.42. The van der Waals surface area contributed by atoms with Crippen LogP contribution in [0.5, 0.6) is 0 Å². The van der Waals surface area contributed by atoms with Crippen molar-refractivity contribution < 1.29 is 9.59 Å². The van der Waals surface area contributed by atoms with Gasteiger partial charge in [0.15, 0.2) is 0 Å². The Bertz CT molecular complexity index is 651. The number of nitrogens with zero attached hydrogens (tertiary/aromatic N) is 2. The van der Waals surface area contributed by atoms with Crippen LogP contribution in [0.25, 0.3) is 6.08 Å². The number of carbonyl (C=O) groups excluding carboxylic acids is 2. The molecule has 0 aromatic heterocycles. The second-order valence-corrected chi connectivity index (χ2v) is 7.78. The van der Waals surface area contributed by atoms with Gasteiger partial charge in [-0.3, -0.25) is 9.59 Å². The van der Waals surface area contributed by atoms with Gasteiger partial charge in [-0.25, -0.2) is 0 Å². The van der Waals surface area contributed by atoms with Crippen LogP contribution in [-0.2, 0) is 9.59 Å². The number of nitrogens with one attached hydrogen (secondary N) is 1. The third-order valence-electron chi connectivity index (χ3n) is 5.68. The van der Waals surface area contributed by atoms with Gasteiger partial charge in [-0.2, -0.15) is 0 Å². The maximum absolute atomic E-state index is 12.8. The van der Waals surface area contributed by atoms with E-state index in [4.69, 9.17) is 0 Å². The highest BCUT2D eigenvalue weighted by Gasteiger charge is 2.30. The number of carbonyl (C=O) groups is 2. The lowest BCUT2D eigenvalue weighted by Crippen LogP contribution is -2.43. The zero-order chi connectivity index (χ0) is 19.1. The van der Waals surface area contributed by atoms with Crippen LogP contribution in [-0.4, -0.2) is 60.9 Å². The first-order valence-electron chi connectivity index (χ1n) is 10.1. The predicted octanol–water partition coefficient (Wildman–Crippen LogP) is 2.54. The molecule has 1 aromatic carbocycles. The van der Waals surface area contributed by atoms with E-state index in [1.54, 1.807) is 6.08 Å². The van der Waals surface area contributed by atoms with Crippen molar-refractivity contribution in [1.29, 1.82) is 0 Å². The Hall–Kier alpha value is -2.14. The first kappa shape index (κ1) is 19.6. The first-order valence-corrected chi connectivity index (χ1v) is 10.1. The third kappa shape index (κ3) is 5.93. The zero-order valence-corrected chi connectivity index (χ0v) is 16.3. The molecule has 0 spiro atoms. The van der Waals surface area contributed by atoms with Crippen molar-refractivity contribution in [2.24, 2.45) is 5.92 Å². The maximum Gasteiger partial charge on any atom is 0.244 e. The van der Waals surface area contributed by atoms with Gasteiger partial charge >= 0.3 is 0 Å². The highest BCUT2D eigenvalue weighted by atomic mass is 16.2. The lowest BCUT2D eigenvalue weighted by molar-refractivity contribution is -0.136. The summed E-state index contributed by atoms with van der Waals surface area (Å²) in [5, 5.41) is 3.09. The number of rotatable bonds is 4. The smallest absolute Gasteiger partial charge is 0.244 e. The number of hydrogen-bond acceptors (Lipinski definition) is 3. The van der Waals surface area contributed by atoms with Crippen LogP contribution in [0.15, 0.2) is 36.4 Å². The zero-order valence-electron chi connectivity index (χ0n) is 16.3. The van der Waals surface area contributed by atoms with Crippen LogP contribution < -0.4 is 5.32 Å². The molecule has 1 aromatic rings. The van der Waals surface area contributed by atoms with Gasteiger partial charge in [-0.15, -0.1) is 0 Å². The molecule has 1 heterocycles. The summed E-state index contributed by atoms with van der Waals surface area (Å²) >= 11 is 0. The van der Waals surface area contributed by atoms with E-state index >= 15 is 0 Å². The number of amides is 2. The number of benzene rings is 1. The van der Waals surface area contributed by atoms with E-state index in [0.717, 1.165) is 63.8 Å². The second kappa shape index (κ2) is 9.70. The summed E-state index contributed by atoms with van der Waals surface area (Å²) in [7, 11) is 2.12. The largest absolute Gasteiger partial charge is 0.350 e. The van der Waals surface area contributed by atoms with Gasteiger partial charge in [0.25, 0.3) is 0 Å². The van der Waals surface area contributed by atoms with Crippen molar-refractivity contribution in [3.8, 4) is 0 Å². The molecule has 0 atom stereocenters. The fourth-order valence-corrected chi connectivity index (χ4v) is 4.00. The van der Waals surface area contributed by atoms with Crippen LogP contribution in [0.1, 0.15) is 37.7 Å². The van der Waals surface area contributed by atoms with E-state index in [-0.39, 0.29) is 17.9 Å². The fourth-order valence-electron chi connectivity index (χ4n) is 4.00. The third-order valence-corrected chi connectivity index (χ3v) is 5.68. The van der Waals surface area contributed by atoms with Crippen LogP contribution in [0, 0.1) is 5.92 Å². The minimum Gasteiger partial charge on any atom is -0.350 e. The minimum atomic E-state index is -0.0517. The molecule has 2 fully saturated rings. The standard InChI is InChI=1S/C22H31N3O2/c1-24-14-5-15-25(17-16-24)22(27)19-9-11-20(12-10-19)23-21(26)13-8-18-6-3-2-4-7-18/h2-4,6-8,13,19-20H,5,9-12,14-17H2,1H3,(H,23,26). The molecule has 5 nitrogen and oxygen atoms in total. The van der Waals surface area contributed by atoms with E-state index in [0.29, 0.717) is 5.91 Å². The Morgan fingerprint density at radius 2 is 1.74 bits per heavy atom. The molecule has 2 amide bonds. The summed E-state index contributed by atoms with van der Waals surface area (Å²) in [6.07, 6.45) is 8.00. The number of likely N-dealkylation sites (N-methyl/N-ethyl adjacent to an activating group) is 1. The molecule has 0 radical (unpaired) electrons. The lowest BCUT2D eigenvalue weighted by atomic mass is 9.85. The molecule has 5 heteroatoms. The van der Waals surface area contributed by atoms with Crippen molar-refractivity contribution in [3.05, 3.63) is 42.0 Å². The van der Waals surface area contributed by atoms with Gasteiger partial charge in [0.2, 0.25) is 11.8 Å². The Labute approximate surface area is 162 Å². The average molecular weight is 370 g/mol. The Morgan fingerprint density at radius 1 is 1.00 bits per heavy atom. The molecule has 1 aliphatic heterocycles. The molecule has 1 N–H and O–H groups in total. The summed E-state index contributed by atoms with van der Waals surface area (Å²) < 4.78 is 0. The molecule has 1 saturated heterocycles. The average Bonchev–Trinajstić information content (AvgIpc) is 2.92. The lowest BCUT2D eigenvalue weighted by Gasteiger charge is -2.32. The van der Waals surface area contributed by atoms with Gasteiger partial charge in [-0.05, 0) is 57.3 Å². The van der Waals surface area contributed by atoms with E-state index in [9.17, 15) is 9.59 Å². The number of hydrogen-bond donors (Lipinski definition) is 1. The van der Waals surface area contributed by atoms with Crippen molar-refractivity contribution in [3.63, 3.8) is 0 Å². The molecule has 1 aliphatic carbocycles. The normalized spacial score (nSPS) is 24.6. The highest BCUT2D eigenvalue weighted by Crippen LogP contribution is 2.26. The monoisotopic (exact) mass is 369 g/mol. The van der Waals surface area contributed by atoms with E-state index in [1.807, 2.05) is 36.4 Å². The summed E-state index contributed by atoms with van der Waals surface area (Å²) in [6.45, 7) is 3.75. The fraction of sp³-hybridized carbons (Fsp3) is 0.545. The molecule has 1 saturated carbocycles. The van der Waals surface area contributed by atoms with Gasteiger partial charge in [0.05, 0.1) is 0 Å². The summed E-state index contributed by atoms with van der Waals surface area (Å²) in [5.74, 6) is 0.393. The summed E-state index contributed by atoms with van der Waals surface area (Å²) in [5.41, 5.74) is 1.02. The van der Waals surface area contributed by atoms with Crippen molar-refractivity contribution in [1.82, 2.24) is 15.1 Å². The van der Waals surface area contributed by atoms with Crippen LogP contribution in [0.3, 0.4) is 0 Å². The van der Waals surface area contributed by atoms with Gasteiger partial charge < -0.3 is 15.1 Å². The second-order valence-electron chi connectivity index (χ2n) is 7.78. The van der Waals surface area contributed by atoms with E-state index in [1.165, 1.54) is 0 Å². The minimum absolute atomic E-state index is 0.0517. The maximum atomic E-state index is 12.8. The molecule has 0 bridgehead atoms. The Kier molecular flexibility index (Phi) is 7.04. The topological polar surface area (TPSA) is 52.6 Å². The van der Waals surface area contributed by atoms with Crippen molar-refractivity contribution in [2.75, 3.05) is 33.2 Å². The van der Waals surface area contributed by atoms with Crippen LogP contribution >= 0.6 is 0 Å². The molecule has 27 heavy (non-hydrogen) atoms. The van der Waals surface area contributed by atoms with Gasteiger partial charge in [0.1, 0.15) is 0 Å². The van der Waals surface area contributed by atoms with E-state index < -0.39 is 0 Å². The highest BCUT2D eigenvalue weighted by molar-refractivity contribution is 5.91. The molecule has 146 valence electrons. The van der Waals surface area contributed by atoms with Crippen molar-refractivity contribution in [2.45, 2.75) is 38.1 Å². The van der Waals surface area contributed by atoms with Gasteiger partial charge in [-0.1, -0.05) is 30.3 Å². The van der Waals surface area contributed by atoms with Crippen LogP contribution in [0.2, 0.25) is 0 Å². The Morgan fingerprint density at radius 3 is 2.48 bits per heavy atom. The molecule has 2 aliphatic rings. The molecular weight excluding hydrogens is 338 g/mol. The summed E-state index contributed by atoms with van der Waals surface area (Å²) in [4.78, 5) is 29.3. The quantitative estimate of drug-likeness (QED) is 0.830. The first-order chi connectivity index (χ1) is 13.1. The predicted molar refractivity (Wildman–Crippen MR) is 108 cm³/mol. The van der Waals surface area contributed by atoms with Crippen LogP contribution in [0.4, 0.5) is 0 Å². The SMILES string of the molecule is CN1CCCN(C(=O)C2CCC(NC(=O)C=Cc3ccccc3)CC2)CC1. The van der Waals surface area contributed by atoms with E-state index in [2.05, 4.69) is 22.2 Å². The van der Waals surface area contributed by atoms with Crippen molar-refractivity contribution >= 4 is 17.9 Å².